The minimum absolute atomic E-state index is 0.0203. The summed E-state index contributed by atoms with van der Waals surface area (Å²) in [6, 6.07) is 3.83. The molecule has 11 heteroatoms. The first-order valence-corrected chi connectivity index (χ1v) is 10.1. The van der Waals surface area contributed by atoms with E-state index in [1.165, 1.54) is 47.9 Å². The Morgan fingerprint density at radius 1 is 1.12 bits per heavy atom. The van der Waals surface area contributed by atoms with Crippen molar-refractivity contribution in [1.82, 2.24) is 25.0 Å². The number of nitrogens with two attached hydrogens (primary N) is 1. The third-order valence-corrected chi connectivity index (χ3v) is 5.08. The fourth-order valence-corrected chi connectivity index (χ4v) is 3.58. The lowest BCUT2D eigenvalue weighted by Gasteiger charge is -2.13. The molecule has 0 bridgehead atoms. The monoisotopic (exact) mass is 481 g/mol. The number of hydrogen-bond acceptors (Lipinski definition) is 6. The van der Waals surface area contributed by atoms with Gasteiger partial charge in [0.25, 0.3) is 5.91 Å². The molecule has 1 aromatic carbocycles. The number of anilines is 2. The van der Waals surface area contributed by atoms with Gasteiger partial charge in [0, 0.05) is 17.3 Å². The number of rotatable bonds is 4. The first kappa shape index (κ1) is 22.2. The maximum Gasteiger partial charge on any atom is 0.257 e. The number of carbonyl (C=O) groups is 1. The van der Waals surface area contributed by atoms with Crippen LogP contribution in [-0.2, 0) is 0 Å². The van der Waals surface area contributed by atoms with E-state index in [0.29, 0.717) is 11.1 Å². The van der Waals surface area contributed by atoms with E-state index < -0.39 is 11.7 Å². The van der Waals surface area contributed by atoms with Crippen LogP contribution in [0.1, 0.15) is 22.8 Å². The van der Waals surface area contributed by atoms with Crippen LogP contribution in [0.15, 0.2) is 49.2 Å². The largest absolute Gasteiger partial charge is 0.397 e. The normalized spacial score (nSPS) is 10.4. The number of aromatic nitrogens is 5. The van der Waals surface area contributed by atoms with Gasteiger partial charge in [-0.25, -0.2) is 9.37 Å². The van der Waals surface area contributed by atoms with Gasteiger partial charge in [0.05, 0.1) is 57.3 Å². The van der Waals surface area contributed by atoms with Crippen molar-refractivity contribution in [3.63, 3.8) is 0 Å². The molecule has 0 unspecified atom stereocenters. The number of nitrogen functional groups attached to an aromatic ring is 1. The van der Waals surface area contributed by atoms with Gasteiger partial charge in [-0.3, -0.25) is 9.78 Å². The van der Waals surface area contributed by atoms with Crippen molar-refractivity contribution in [2.45, 2.75) is 6.92 Å². The maximum atomic E-state index is 15.1. The van der Waals surface area contributed by atoms with Crippen molar-refractivity contribution in [1.29, 1.82) is 0 Å². The van der Waals surface area contributed by atoms with E-state index in [1.807, 2.05) is 0 Å². The number of carbonyl (C=O) groups excluding carboxylic acids is 1. The second-order valence-corrected chi connectivity index (χ2v) is 7.45. The van der Waals surface area contributed by atoms with Crippen LogP contribution in [0.5, 0.6) is 0 Å². The SMILES string of the molecule is CC#Cc1cncc(N)c1-c1cc(Cl)c(C(=O)Nc2cnc(-n3nccn3)c(Cl)c2)cc1F. The van der Waals surface area contributed by atoms with Gasteiger partial charge in [-0.15, -0.1) is 10.7 Å². The molecule has 4 aromatic rings. The molecule has 1 amide bonds. The summed E-state index contributed by atoms with van der Waals surface area (Å²) in [4.78, 5) is 22.2. The average molecular weight is 482 g/mol. The zero-order valence-corrected chi connectivity index (χ0v) is 18.5. The lowest BCUT2D eigenvalue weighted by Crippen LogP contribution is -2.14. The van der Waals surface area contributed by atoms with E-state index in [2.05, 4.69) is 37.3 Å². The highest BCUT2D eigenvalue weighted by atomic mass is 35.5. The first-order chi connectivity index (χ1) is 15.9. The summed E-state index contributed by atoms with van der Waals surface area (Å²) in [6.45, 7) is 1.64. The van der Waals surface area contributed by atoms with Gasteiger partial charge in [-0.05, 0) is 25.1 Å². The van der Waals surface area contributed by atoms with Crippen LogP contribution in [0.4, 0.5) is 15.8 Å². The first-order valence-electron chi connectivity index (χ1n) is 9.38. The fourth-order valence-electron chi connectivity index (χ4n) is 3.09. The molecular weight excluding hydrogens is 468 g/mol. The molecule has 164 valence electrons. The second-order valence-electron chi connectivity index (χ2n) is 6.64. The summed E-state index contributed by atoms with van der Waals surface area (Å²) in [6.07, 6.45) is 7.20. The van der Waals surface area contributed by atoms with Crippen LogP contribution >= 0.6 is 23.2 Å². The number of amides is 1. The van der Waals surface area contributed by atoms with Crippen LogP contribution in [0.25, 0.3) is 16.9 Å². The van der Waals surface area contributed by atoms with Crippen molar-refractivity contribution in [3.05, 3.63) is 76.2 Å². The molecule has 0 aliphatic heterocycles. The molecule has 0 saturated heterocycles. The zero-order chi connectivity index (χ0) is 23.5. The van der Waals surface area contributed by atoms with Crippen LogP contribution in [-0.4, -0.2) is 30.9 Å². The lowest BCUT2D eigenvalue weighted by molar-refractivity contribution is 0.102. The number of pyridine rings is 2. The Bertz CT molecular complexity index is 1430. The van der Waals surface area contributed by atoms with Crippen molar-refractivity contribution in [2.24, 2.45) is 0 Å². The van der Waals surface area contributed by atoms with Crippen molar-refractivity contribution < 1.29 is 9.18 Å². The molecule has 0 atom stereocenters. The summed E-state index contributed by atoms with van der Waals surface area (Å²) in [5.41, 5.74) is 7.34. The molecule has 0 saturated carbocycles. The van der Waals surface area contributed by atoms with E-state index in [-0.39, 0.29) is 38.4 Å². The Labute approximate surface area is 197 Å². The molecule has 3 N–H and O–H groups in total. The third kappa shape index (κ3) is 4.48. The Kier molecular flexibility index (Phi) is 6.22. The molecule has 3 heterocycles. The van der Waals surface area contributed by atoms with Gasteiger partial charge < -0.3 is 11.1 Å². The molecule has 8 nitrogen and oxygen atoms in total. The number of nitrogens with one attached hydrogen (secondary N) is 1. The molecule has 3 aromatic heterocycles. The molecule has 4 rings (SSSR count). The number of benzene rings is 1. The summed E-state index contributed by atoms with van der Waals surface area (Å²) in [5, 5.41) is 10.7. The van der Waals surface area contributed by atoms with Crippen LogP contribution < -0.4 is 11.1 Å². The number of halogens is 3. The predicted octanol–water partition coefficient (Wildman–Crippen LogP) is 4.38. The van der Waals surface area contributed by atoms with Gasteiger partial charge in [0.1, 0.15) is 5.82 Å². The lowest BCUT2D eigenvalue weighted by atomic mass is 9.98. The zero-order valence-electron chi connectivity index (χ0n) is 17.0. The molecule has 0 aliphatic rings. The van der Waals surface area contributed by atoms with Crippen molar-refractivity contribution in [2.75, 3.05) is 11.1 Å². The predicted molar refractivity (Wildman–Crippen MR) is 124 cm³/mol. The van der Waals surface area contributed by atoms with Gasteiger partial charge in [-0.1, -0.05) is 29.1 Å². The Morgan fingerprint density at radius 2 is 1.88 bits per heavy atom. The van der Waals surface area contributed by atoms with E-state index >= 15 is 4.39 Å². The summed E-state index contributed by atoms with van der Waals surface area (Å²) in [5.74, 6) is 4.52. The molecule has 0 spiro atoms. The molecule has 0 radical (unpaired) electrons. The molecular formula is C22H14Cl2FN7O. The summed E-state index contributed by atoms with van der Waals surface area (Å²) >= 11 is 12.6. The topological polar surface area (TPSA) is 112 Å². The minimum atomic E-state index is -0.696. The van der Waals surface area contributed by atoms with Gasteiger partial charge >= 0.3 is 0 Å². The van der Waals surface area contributed by atoms with E-state index in [9.17, 15) is 4.79 Å². The van der Waals surface area contributed by atoms with Gasteiger partial charge in [0.15, 0.2) is 5.82 Å². The van der Waals surface area contributed by atoms with Crippen LogP contribution in [0.3, 0.4) is 0 Å². The smallest absolute Gasteiger partial charge is 0.257 e. The third-order valence-electron chi connectivity index (χ3n) is 4.49. The van der Waals surface area contributed by atoms with E-state index in [1.54, 1.807) is 6.92 Å². The number of nitrogens with zero attached hydrogens (tertiary/aromatic N) is 5. The van der Waals surface area contributed by atoms with E-state index in [4.69, 9.17) is 28.9 Å². The fraction of sp³-hybridized carbons (Fsp3) is 0.0455. The quantitative estimate of drug-likeness (QED) is 0.418. The molecule has 33 heavy (non-hydrogen) atoms. The van der Waals surface area contributed by atoms with Crippen LogP contribution in [0.2, 0.25) is 10.0 Å². The summed E-state index contributed by atoms with van der Waals surface area (Å²) in [7, 11) is 0. The van der Waals surface area contributed by atoms with Gasteiger partial charge in [0.2, 0.25) is 0 Å². The summed E-state index contributed by atoms with van der Waals surface area (Å²) < 4.78 is 15.1. The Balaban J connectivity index is 1.65. The van der Waals surface area contributed by atoms with Gasteiger partial charge in [-0.2, -0.15) is 10.2 Å². The highest BCUT2D eigenvalue weighted by molar-refractivity contribution is 6.35. The van der Waals surface area contributed by atoms with Crippen molar-refractivity contribution in [3.8, 4) is 28.8 Å². The highest BCUT2D eigenvalue weighted by Crippen LogP contribution is 2.34. The molecule has 0 aliphatic carbocycles. The average Bonchev–Trinajstić information content (AvgIpc) is 3.30. The second kappa shape index (κ2) is 9.24. The minimum Gasteiger partial charge on any atom is -0.397 e. The molecule has 0 fully saturated rings. The Morgan fingerprint density at radius 3 is 2.58 bits per heavy atom. The van der Waals surface area contributed by atoms with E-state index in [0.717, 1.165) is 6.07 Å². The Hall–Kier alpha value is -4.00. The van der Waals surface area contributed by atoms with Crippen LogP contribution in [0, 0.1) is 17.7 Å². The number of hydrogen-bond donors (Lipinski definition) is 2. The standard InChI is InChI=1S/C22H14Cl2FN7O/c1-2-3-12-9-27-11-19(26)20(12)15-7-16(23)14(8-18(15)25)22(33)31-13-6-17(24)21(28-10-13)32-29-4-5-30-32/h4-11H,26H2,1H3,(H,31,33). The highest BCUT2D eigenvalue weighted by Gasteiger charge is 2.20. The van der Waals surface area contributed by atoms with Crippen molar-refractivity contribution >= 4 is 40.5 Å². The maximum absolute atomic E-state index is 15.1.